The van der Waals surface area contributed by atoms with E-state index in [1.165, 1.54) is 25.7 Å². The van der Waals surface area contributed by atoms with Gasteiger partial charge in [-0.2, -0.15) is 0 Å². The molecule has 2 rings (SSSR count). The number of carbonyl (C=O) groups is 1. The highest BCUT2D eigenvalue weighted by atomic mass is 35.5. The third kappa shape index (κ3) is 3.43. The van der Waals surface area contributed by atoms with Crippen LogP contribution in [0.2, 0.25) is 0 Å². The van der Waals surface area contributed by atoms with Crippen molar-refractivity contribution in [1.29, 1.82) is 0 Å². The Morgan fingerprint density at radius 1 is 1.26 bits per heavy atom. The smallest absolute Gasteiger partial charge is 0.230 e. The van der Waals surface area contributed by atoms with E-state index in [0.717, 1.165) is 37.8 Å². The van der Waals surface area contributed by atoms with Crippen LogP contribution in [0.15, 0.2) is 0 Å². The first-order valence-corrected chi connectivity index (χ1v) is 7.58. The Morgan fingerprint density at radius 3 is 2.21 bits per heavy atom. The quantitative estimate of drug-likeness (QED) is 0.868. The number of nitrogens with two attached hydrogens (primary N) is 1. The summed E-state index contributed by atoms with van der Waals surface area (Å²) in [6, 6.07) is 0. The summed E-state index contributed by atoms with van der Waals surface area (Å²) >= 11 is 0. The summed E-state index contributed by atoms with van der Waals surface area (Å²) < 4.78 is 0. The van der Waals surface area contributed by atoms with E-state index < -0.39 is 0 Å². The molecule has 2 fully saturated rings. The second-order valence-corrected chi connectivity index (χ2v) is 6.57. The number of likely N-dealkylation sites (tertiary alicyclic amines) is 1. The highest BCUT2D eigenvalue weighted by Crippen LogP contribution is 2.39. The lowest BCUT2D eigenvalue weighted by atomic mass is 9.82. The number of rotatable bonds is 3. The predicted molar refractivity (Wildman–Crippen MR) is 81.3 cm³/mol. The average Bonchev–Trinajstić information content (AvgIpc) is 2.88. The number of amides is 1. The average molecular weight is 289 g/mol. The van der Waals surface area contributed by atoms with Crippen molar-refractivity contribution >= 4 is 18.3 Å². The summed E-state index contributed by atoms with van der Waals surface area (Å²) in [5, 5.41) is 0. The van der Waals surface area contributed by atoms with E-state index in [2.05, 4.69) is 18.7 Å². The van der Waals surface area contributed by atoms with Gasteiger partial charge in [0.2, 0.25) is 5.91 Å². The summed E-state index contributed by atoms with van der Waals surface area (Å²) in [5.74, 6) is 1.90. The van der Waals surface area contributed by atoms with Gasteiger partial charge >= 0.3 is 0 Å². The maximum absolute atomic E-state index is 12.7. The first kappa shape index (κ1) is 16.8. The first-order valence-electron chi connectivity index (χ1n) is 7.58. The van der Waals surface area contributed by atoms with Crippen LogP contribution >= 0.6 is 12.4 Å². The zero-order chi connectivity index (χ0) is 13.2. The molecule has 0 aromatic rings. The molecule has 0 unspecified atom stereocenters. The van der Waals surface area contributed by atoms with Crippen LogP contribution in [-0.2, 0) is 4.79 Å². The van der Waals surface area contributed by atoms with Gasteiger partial charge < -0.3 is 10.6 Å². The van der Waals surface area contributed by atoms with E-state index in [4.69, 9.17) is 5.73 Å². The molecule has 0 radical (unpaired) electrons. The van der Waals surface area contributed by atoms with Crippen LogP contribution in [0.3, 0.4) is 0 Å². The standard InChI is InChI=1S/C15H28N2O.ClH/c1-12(2)13-5-9-17(10-6-13)14(18)15(11-16)7-3-4-8-15;/h12-13H,3-11,16H2,1-2H3;1H. The van der Waals surface area contributed by atoms with Gasteiger partial charge in [0, 0.05) is 19.6 Å². The molecule has 1 heterocycles. The topological polar surface area (TPSA) is 46.3 Å². The lowest BCUT2D eigenvalue weighted by Crippen LogP contribution is -2.49. The van der Waals surface area contributed by atoms with Gasteiger partial charge in [0.25, 0.3) is 0 Å². The van der Waals surface area contributed by atoms with Crippen LogP contribution in [0.25, 0.3) is 0 Å². The molecule has 3 nitrogen and oxygen atoms in total. The Labute approximate surface area is 123 Å². The fraction of sp³-hybridized carbons (Fsp3) is 0.933. The minimum atomic E-state index is -0.204. The molecule has 2 N–H and O–H groups in total. The highest BCUT2D eigenvalue weighted by Gasteiger charge is 2.42. The Morgan fingerprint density at radius 2 is 1.79 bits per heavy atom. The van der Waals surface area contributed by atoms with Crippen molar-refractivity contribution in [3.63, 3.8) is 0 Å². The van der Waals surface area contributed by atoms with Crippen LogP contribution in [0.5, 0.6) is 0 Å². The molecule has 2 aliphatic rings. The molecule has 1 saturated carbocycles. The van der Waals surface area contributed by atoms with E-state index in [1.807, 2.05) is 0 Å². The van der Waals surface area contributed by atoms with Crippen molar-refractivity contribution in [2.24, 2.45) is 23.0 Å². The van der Waals surface area contributed by atoms with Gasteiger partial charge in [0.05, 0.1) is 5.41 Å². The molecular formula is C15H29ClN2O. The number of halogens is 1. The van der Waals surface area contributed by atoms with Gasteiger partial charge in [-0.15, -0.1) is 12.4 Å². The number of hydrogen-bond acceptors (Lipinski definition) is 2. The fourth-order valence-corrected chi connectivity index (χ4v) is 3.66. The monoisotopic (exact) mass is 288 g/mol. The summed E-state index contributed by atoms with van der Waals surface area (Å²) in [4.78, 5) is 14.8. The van der Waals surface area contributed by atoms with Gasteiger partial charge in [-0.25, -0.2) is 0 Å². The van der Waals surface area contributed by atoms with E-state index in [9.17, 15) is 4.79 Å². The molecule has 0 atom stereocenters. The minimum absolute atomic E-state index is 0. The lowest BCUT2D eigenvalue weighted by Gasteiger charge is -2.39. The molecule has 0 spiro atoms. The van der Waals surface area contributed by atoms with Gasteiger partial charge in [0.1, 0.15) is 0 Å². The molecular weight excluding hydrogens is 260 g/mol. The first-order chi connectivity index (χ1) is 8.59. The molecule has 1 saturated heterocycles. The molecule has 0 aromatic carbocycles. The molecule has 19 heavy (non-hydrogen) atoms. The zero-order valence-corrected chi connectivity index (χ0v) is 13.2. The molecule has 0 bridgehead atoms. The van der Waals surface area contributed by atoms with E-state index >= 15 is 0 Å². The number of nitrogens with zero attached hydrogens (tertiary/aromatic N) is 1. The molecule has 0 aromatic heterocycles. The van der Waals surface area contributed by atoms with E-state index in [1.54, 1.807) is 0 Å². The molecule has 4 heteroatoms. The number of carbonyl (C=O) groups excluding carboxylic acids is 1. The number of hydrogen-bond donors (Lipinski definition) is 1. The van der Waals surface area contributed by atoms with E-state index in [0.29, 0.717) is 12.5 Å². The summed E-state index contributed by atoms with van der Waals surface area (Å²) in [7, 11) is 0. The van der Waals surface area contributed by atoms with Crippen molar-refractivity contribution in [3.05, 3.63) is 0 Å². The van der Waals surface area contributed by atoms with Crippen LogP contribution < -0.4 is 5.73 Å². The van der Waals surface area contributed by atoms with Crippen LogP contribution in [0, 0.1) is 17.3 Å². The SMILES string of the molecule is CC(C)C1CCN(C(=O)C2(CN)CCCC2)CC1.Cl. The Balaban J connectivity index is 0.00000180. The third-order valence-corrected chi connectivity index (χ3v) is 5.17. The van der Waals surface area contributed by atoms with Crippen molar-refractivity contribution < 1.29 is 4.79 Å². The van der Waals surface area contributed by atoms with Gasteiger partial charge in [0.15, 0.2) is 0 Å². The van der Waals surface area contributed by atoms with Crippen molar-refractivity contribution in [2.45, 2.75) is 52.4 Å². The largest absolute Gasteiger partial charge is 0.342 e. The van der Waals surface area contributed by atoms with Crippen molar-refractivity contribution in [2.75, 3.05) is 19.6 Å². The zero-order valence-electron chi connectivity index (χ0n) is 12.4. The fourth-order valence-electron chi connectivity index (χ4n) is 3.66. The molecule has 112 valence electrons. The Hall–Kier alpha value is -0.280. The highest BCUT2D eigenvalue weighted by molar-refractivity contribution is 5.85. The maximum atomic E-state index is 12.7. The minimum Gasteiger partial charge on any atom is -0.342 e. The summed E-state index contributed by atoms with van der Waals surface area (Å²) in [6.45, 7) is 7.02. The third-order valence-electron chi connectivity index (χ3n) is 5.17. The van der Waals surface area contributed by atoms with Gasteiger partial charge in [-0.1, -0.05) is 26.7 Å². The van der Waals surface area contributed by atoms with E-state index in [-0.39, 0.29) is 17.8 Å². The van der Waals surface area contributed by atoms with Crippen LogP contribution in [0.1, 0.15) is 52.4 Å². The second kappa shape index (κ2) is 6.94. The molecule has 1 aliphatic heterocycles. The lowest BCUT2D eigenvalue weighted by molar-refractivity contribution is -0.143. The summed E-state index contributed by atoms with van der Waals surface area (Å²) in [6.07, 6.45) is 6.70. The van der Waals surface area contributed by atoms with Crippen molar-refractivity contribution in [3.8, 4) is 0 Å². The van der Waals surface area contributed by atoms with Crippen molar-refractivity contribution in [1.82, 2.24) is 4.90 Å². The van der Waals surface area contributed by atoms with Crippen LogP contribution in [0.4, 0.5) is 0 Å². The van der Waals surface area contributed by atoms with Gasteiger partial charge in [-0.3, -0.25) is 4.79 Å². The maximum Gasteiger partial charge on any atom is 0.230 e. The second-order valence-electron chi connectivity index (χ2n) is 6.57. The Bertz CT molecular complexity index is 293. The van der Waals surface area contributed by atoms with Crippen LogP contribution in [-0.4, -0.2) is 30.4 Å². The Kier molecular flexibility index (Phi) is 6.13. The predicted octanol–water partition coefficient (Wildman–Crippen LogP) is 2.82. The number of piperidine rings is 1. The normalized spacial score (nSPS) is 23.5. The molecule has 1 aliphatic carbocycles. The molecule has 1 amide bonds. The summed E-state index contributed by atoms with van der Waals surface area (Å²) in [5.41, 5.74) is 5.70. The van der Waals surface area contributed by atoms with Gasteiger partial charge in [-0.05, 0) is 37.5 Å².